The van der Waals surface area contributed by atoms with Crippen molar-refractivity contribution in [2.45, 2.75) is 26.2 Å². The first-order valence-corrected chi connectivity index (χ1v) is 7.41. The highest BCUT2D eigenvalue weighted by atomic mass is 32.2. The Balaban J connectivity index is 2.40. The Morgan fingerprint density at radius 1 is 1.28 bits per heavy atom. The lowest BCUT2D eigenvalue weighted by Crippen LogP contribution is -2.13. The number of carboxylic acid groups (broad SMARTS) is 1. The summed E-state index contributed by atoms with van der Waals surface area (Å²) in [4.78, 5) is 19.3. The molecule has 1 N–H and O–H groups in total. The highest BCUT2D eigenvalue weighted by Crippen LogP contribution is 2.27. The standard InChI is InChI=1S/C11H14N2O4S/c1-6-9(11(14)15)7(2)13-10(12-6)8-3-4-18(16,17)5-8/h8H,3-5H2,1-2H3,(H,14,15). The first kappa shape index (κ1) is 12.9. The summed E-state index contributed by atoms with van der Waals surface area (Å²) in [6.45, 7) is 3.20. The summed E-state index contributed by atoms with van der Waals surface area (Å²) in [7, 11) is -2.99. The predicted molar refractivity (Wildman–Crippen MR) is 64.5 cm³/mol. The highest BCUT2D eigenvalue weighted by molar-refractivity contribution is 7.91. The minimum absolute atomic E-state index is 0.0539. The van der Waals surface area contributed by atoms with E-state index in [0.717, 1.165) is 0 Å². The second kappa shape index (κ2) is 4.31. The van der Waals surface area contributed by atoms with Gasteiger partial charge in [-0.15, -0.1) is 0 Å². The smallest absolute Gasteiger partial charge is 0.339 e. The van der Waals surface area contributed by atoms with Crippen LogP contribution in [-0.2, 0) is 9.84 Å². The van der Waals surface area contributed by atoms with Gasteiger partial charge in [-0.3, -0.25) is 0 Å². The van der Waals surface area contributed by atoms with E-state index in [1.807, 2.05) is 0 Å². The van der Waals surface area contributed by atoms with Crippen LogP contribution >= 0.6 is 0 Å². The molecule has 0 spiro atoms. The molecule has 2 rings (SSSR count). The summed E-state index contributed by atoms with van der Waals surface area (Å²) in [5.41, 5.74) is 0.864. The SMILES string of the molecule is Cc1nc(C2CCS(=O)(=O)C2)nc(C)c1C(=O)O. The van der Waals surface area contributed by atoms with E-state index in [-0.39, 0.29) is 23.0 Å². The molecule has 1 unspecified atom stereocenters. The number of nitrogens with zero attached hydrogens (tertiary/aromatic N) is 2. The van der Waals surface area contributed by atoms with Gasteiger partial charge in [0.15, 0.2) is 9.84 Å². The molecule has 0 saturated carbocycles. The molecule has 98 valence electrons. The molecule has 0 bridgehead atoms. The van der Waals surface area contributed by atoms with E-state index in [0.29, 0.717) is 23.6 Å². The van der Waals surface area contributed by atoms with E-state index in [1.165, 1.54) is 0 Å². The third kappa shape index (κ3) is 2.35. The number of aromatic carboxylic acids is 1. The van der Waals surface area contributed by atoms with Crippen molar-refractivity contribution >= 4 is 15.8 Å². The van der Waals surface area contributed by atoms with E-state index in [9.17, 15) is 13.2 Å². The van der Waals surface area contributed by atoms with Crippen molar-refractivity contribution in [2.75, 3.05) is 11.5 Å². The van der Waals surface area contributed by atoms with Crippen molar-refractivity contribution < 1.29 is 18.3 Å². The molecule has 18 heavy (non-hydrogen) atoms. The number of sulfone groups is 1. The number of aryl methyl sites for hydroxylation is 2. The van der Waals surface area contributed by atoms with Crippen molar-refractivity contribution in [3.63, 3.8) is 0 Å². The average molecular weight is 270 g/mol. The van der Waals surface area contributed by atoms with Gasteiger partial charge in [0.05, 0.1) is 22.9 Å². The zero-order valence-corrected chi connectivity index (χ0v) is 11.0. The number of carbonyl (C=O) groups is 1. The summed E-state index contributed by atoms with van der Waals surface area (Å²) < 4.78 is 22.8. The largest absolute Gasteiger partial charge is 0.478 e. The molecule has 6 nitrogen and oxygen atoms in total. The molecule has 0 amide bonds. The quantitative estimate of drug-likeness (QED) is 0.849. The molecule has 0 aliphatic carbocycles. The van der Waals surface area contributed by atoms with Gasteiger partial charge < -0.3 is 5.11 Å². The summed E-state index contributed by atoms with van der Waals surface area (Å²) in [5, 5.41) is 9.01. The van der Waals surface area contributed by atoms with Crippen LogP contribution in [0.1, 0.15) is 39.9 Å². The topological polar surface area (TPSA) is 97.2 Å². The molecule has 1 aliphatic heterocycles. The summed E-state index contributed by atoms with van der Waals surface area (Å²) in [6.07, 6.45) is 0.508. The third-order valence-electron chi connectivity index (χ3n) is 3.10. The number of hydrogen-bond acceptors (Lipinski definition) is 5. The van der Waals surface area contributed by atoms with Crippen LogP contribution in [0, 0.1) is 13.8 Å². The van der Waals surface area contributed by atoms with E-state index in [2.05, 4.69) is 9.97 Å². The van der Waals surface area contributed by atoms with Crippen LogP contribution in [0.5, 0.6) is 0 Å². The molecular formula is C11H14N2O4S. The van der Waals surface area contributed by atoms with Crippen LogP contribution in [0.15, 0.2) is 0 Å². The predicted octanol–water partition coefficient (Wildman–Crippen LogP) is 0.694. The van der Waals surface area contributed by atoms with Gasteiger partial charge in [0.1, 0.15) is 11.4 Å². The van der Waals surface area contributed by atoms with E-state index in [4.69, 9.17) is 5.11 Å². The van der Waals surface area contributed by atoms with Crippen molar-refractivity contribution in [1.82, 2.24) is 9.97 Å². The molecule has 1 fully saturated rings. The van der Waals surface area contributed by atoms with Gasteiger partial charge in [0.25, 0.3) is 0 Å². The Hall–Kier alpha value is -1.50. The van der Waals surface area contributed by atoms with Gasteiger partial charge in [-0.2, -0.15) is 0 Å². The molecule has 0 radical (unpaired) electrons. The zero-order chi connectivity index (χ0) is 13.5. The maximum absolute atomic E-state index is 11.4. The summed E-state index contributed by atoms with van der Waals surface area (Å²) >= 11 is 0. The fourth-order valence-corrected chi connectivity index (χ4v) is 3.97. The van der Waals surface area contributed by atoms with Crippen LogP contribution in [0.4, 0.5) is 0 Å². The highest BCUT2D eigenvalue weighted by Gasteiger charge is 2.31. The lowest BCUT2D eigenvalue weighted by atomic mass is 10.1. The Labute approximate surface area is 105 Å². The van der Waals surface area contributed by atoms with Gasteiger partial charge in [0, 0.05) is 5.92 Å². The maximum atomic E-state index is 11.4. The van der Waals surface area contributed by atoms with E-state index >= 15 is 0 Å². The first-order valence-electron chi connectivity index (χ1n) is 5.59. The van der Waals surface area contributed by atoms with Crippen molar-refractivity contribution in [3.05, 3.63) is 22.8 Å². The lowest BCUT2D eigenvalue weighted by molar-refractivity contribution is 0.0694. The van der Waals surface area contributed by atoms with E-state index < -0.39 is 15.8 Å². The van der Waals surface area contributed by atoms with Gasteiger partial charge >= 0.3 is 5.97 Å². The molecule has 1 aromatic rings. The van der Waals surface area contributed by atoms with Crippen molar-refractivity contribution in [2.24, 2.45) is 0 Å². The third-order valence-corrected chi connectivity index (χ3v) is 4.87. The zero-order valence-electron chi connectivity index (χ0n) is 10.2. The maximum Gasteiger partial charge on any atom is 0.339 e. The fraction of sp³-hybridized carbons (Fsp3) is 0.545. The van der Waals surface area contributed by atoms with Crippen LogP contribution in [0.2, 0.25) is 0 Å². The average Bonchev–Trinajstić information content (AvgIpc) is 2.57. The molecule has 0 aromatic carbocycles. The molecule has 1 atom stereocenters. The normalized spacial score (nSPS) is 22.0. The number of aromatic nitrogens is 2. The van der Waals surface area contributed by atoms with Gasteiger partial charge in [-0.05, 0) is 20.3 Å². The van der Waals surface area contributed by atoms with Crippen LogP contribution in [-0.4, -0.2) is 41.0 Å². The van der Waals surface area contributed by atoms with Gasteiger partial charge in [-0.1, -0.05) is 0 Å². The van der Waals surface area contributed by atoms with Crippen LogP contribution < -0.4 is 0 Å². The van der Waals surface area contributed by atoms with Crippen LogP contribution in [0.3, 0.4) is 0 Å². The fourth-order valence-electron chi connectivity index (χ4n) is 2.23. The Morgan fingerprint density at radius 2 is 1.83 bits per heavy atom. The molecule has 1 aromatic heterocycles. The first-order chi connectivity index (χ1) is 8.30. The lowest BCUT2D eigenvalue weighted by Gasteiger charge is -2.10. The molecular weight excluding hydrogens is 256 g/mol. The summed E-state index contributed by atoms with van der Waals surface area (Å²) in [5.74, 6) is -0.625. The van der Waals surface area contributed by atoms with Crippen LogP contribution in [0.25, 0.3) is 0 Å². The minimum atomic E-state index is -2.99. The molecule has 1 saturated heterocycles. The second-order valence-electron chi connectivity index (χ2n) is 4.53. The van der Waals surface area contributed by atoms with Crippen molar-refractivity contribution in [1.29, 1.82) is 0 Å². The number of carboxylic acids is 1. The monoisotopic (exact) mass is 270 g/mol. The van der Waals surface area contributed by atoms with Crippen molar-refractivity contribution in [3.8, 4) is 0 Å². The van der Waals surface area contributed by atoms with Gasteiger partial charge in [-0.25, -0.2) is 23.2 Å². The molecule has 7 heteroatoms. The minimum Gasteiger partial charge on any atom is -0.478 e. The van der Waals surface area contributed by atoms with E-state index in [1.54, 1.807) is 13.8 Å². The Morgan fingerprint density at radius 3 is 2.22 bits per heavy atom. The van der Waals surface area contributed by atoms with Gasteiger partial charge in [0.2, 0.25) is 0 Å². The Bertz CT molecular complexity index is 586. The number of hydrogen-bond donors (Lipinski definition) is 1. The molecule has 2 heterocycles. The Kier molecular flexibility index (Phi) is 3.10. The molecule has 1 aliphatic rings. The summed E-state index contributed by atoms with van der Waals surface area (Å²) in [6, 6.07) is 0. The second-order valence-corrected chi connectivity index (χ2v) is 6.76. The number of rotatable bonds is 2.